The average Bonchev–Trinajstić information content (AvgIpc) is 2.64. The molecule has 2 rings (SSSR count). The molecule has 7 heteroatoms. The maximum absolute atomic E-state index is 13.6. The Hall–Kier alpha value is -0.960. The number of imidazole rings is 1. The summed E-state index contributed by atoms with van der Waals surface area (Å²) in [4.78, 5) is 14.7. The van der Waals surface area contributed by atoms with Crippen LogP contribution in [-0.4, -0.2) is 22.0 Å². The molecule has 0 aliphatic heterocycles. The van der Waals surface area contributed by atoms with Crippen molar-refractivity contribution in [1.82, 2.24) is 14.9 Å². The number of carbonyl (C=O) groups is 1. The van der Waals surface area contributed by atoms with Crippen molar-refractivity contribution in [2.45, 2.75) is 19.9 Å². The van der Waals surface area contributed by atoms with Crippen LogP contribution in [0.4, 0.5) is 4.39 Å². The van der Waals surface area contributed by atoms with E-state index in [4.69, 9.17) is 12.2 Å². The van der Waals surface area contributed by atoms with Gasteiger partial charge >= 0.3 is 0 Å². The van der Waals surface area contributed by atoms with Gasteiger partial charge in [0, 0.05) is 12.6 Å². The van der Waals surface area contributed by atoms with Gasteiger partial charge < -0.3 is 14.9 Å². The molecule has 1 amide bonds. The molecule has 0 unspecified atom stereocenters. The first kappa shape index (κ1) is 14.4. The third-order valence-corrected chi connectivity index (χ3v) is 3.84. The molecule has 2 aromatic rings. The standard InChI is InChI=1S/C12H13FIN3OS/c1-2-3-15-11(18)6-17-10-4-7(13)8(14)5-9(10)16-12(17)19/h4-5H,2-3,6H2,1H3,(H,15,18)(H,16,19). The third kappa shape index (κ3) is 3.14. The summed E-state index contributed by atoms with van der Waals surface area (Å²) in [5.74, 6) is -0.442. The first-order valence-corrected chi connectivity index (χ1v) is 7.36. The lowest BCUT2D eigenvalue weighted by Crippen LogP contribution is -2.28. The molecular formula is C12H13FIN3OS. The maximum atomic E-state index is 13.6. The zero-order chi connectivity index (χ0) is 14.0. The fourth-order valence-corrected chi connectivity index (χ4v) is 2.51. The van der Waals surface area contributed by atoms with Gasteiger partial charge in [-0.25, -0.2) is 4.39 Å². The van der Waals surface area contributed by atoms with Crippen molar-refractivity contribution in [2.24, 2.45) is 0 Å². The second-order valence-corrected chi connectivity index (χ2v) is 5.70. The van der Waals surface area contributed by atoms with E-state index in [0.29, 0.717) is 20.4 Å². The highest BCUT2D eigenvalue weighted by Crippen LogP contribution is 2.20. The average molecular weight is 393 g/mol. The number of fused-ring (bicyclic) bond motifs is 1. The Morgan fingerprint density at radius 1 is 1.58 bits per heavy atom. The largest absolute Gasteiger partial charge is 0.355 e. The molecule has 0 aliphatic rings. The number of benzene rings is 1. The molecule has 0 fully saturated rings. The number of aromatic nitrogens is 2. The molecule has 1 aromatic carbocycles. The molecule has 0 bridgehead atoms. The summed E-state index contributed by atoms with van der Waals surface area (Å²) >= 11 is 7.09. The summed E-state index contributed by atoms with van der Waals surface area (Å²) in [6.07, 6.45) is 0.873. The summed E-state index contributed by atoms with van der Waals surface area (Å²) in [5.41, 5.74) is 1.34. The number of nitrogens with zero attached hydrogens (tertiary/aromatic N) is 1. The van der Waals surface area contributed by atoms with Gasteiger partial charge in [-0.1, -0.05) is 6.92 Å². The summed E-state index contributed by atoms with van der Waals surface area (Å²) in [6.45, 7) is 2.70. The van der Waals surface area contributed by atoms with Crippen molar-refractivity contribution in [3.8, 4) is 0 Å². The lowest BCUT2D eigenvalue weighted by Gasteiger charge is -2.06. The lowest BCUT2D eigenvalue weighted by molar-refractivity contribution is -0.121. The molecule has 0 saturated heterocycles. The maximum Gasteiger partial charge on any atom is 0.240 e. The van der Waals surface area contributed by atoms with Gasteiger partial charge in [-0.2, -0.15) is 0 Å². The topological polar surface area (TPSA) is 49.8 Å². The second-order valence-electron chi connectivity index (χ2n) is 4.15. The lowest BCUT2D eigenvalue weighted by atomic mass is 10.3. The minimum atomic E-state index is -0.315. The zero-order valence-electron chi connectivity index (χ0n) is 10.3. The van der Waals surface area contributed by atoms with E-state index in [1.807, 2.05) is 29.5 Å². The summed E-state index contributed by atoms with van der Waals surface area (Å²) in [6, 6.07) is 3.08. The molecule has 102 valence electrons. The van der Waals surface area contributed by atoms with Crippen LogP contribution in [0.15, 0.2) is 12.1 Å². The molecule has 0 atom stereocenters. The fourth-order valence-electron chi connectivity index (χ4n) is 1.77. The van der Waals surface area contributed by atoms with Crippen LogP contribution in [0.3, 0.4) is 0 Å². The number of nitrogens with one attached hydrogen (secondary N) is 2. The number of hydrogen-bond donors (Lipinski definition) is 2. The number of aromatic amines is 1. The Bertz CT molecular complexity index is 679. The molecular weight excluding hydrogens is 380 g/mol. The van der Waals surface area contributed by atoms with E-state index in [1.54, 1.807) is 10.6 Å². The van der Waals surface area contributed by atoms with E-state index in [-0.39, 0.29) is 18.3 Å². The van der Waals surface area contributed by atoms with Crippen molar-refractivity contribution < 1.29 is 9.18 Å². The van der Waals surface area contributed by atoms with E-state index >= 15 is 0 Å². The van der Waals surface area contributed by atoms with E-state index < -0.39 is 0 Å². The normalized spacial score (nSPS) is 10.9. The predicted molar refractivity (Wildman–Crippen MR) is 83.1 cm³/mol. The molecule has 1 heterocycles. The molecule has 4 nitrogen and oxygen atoms in total. The number of H-pyrrole nitrogens is 1. The van der Waals surface area contributed by atoms with Crippen LogP contribution < -0.4 is 5.32 Å². The van der Waals surface area contributed by atoms with Gasteiger partial charge in [0.15, 0.2) is 4.77 Å². The van der Waals surface area contributed by atoms with E-state index in [1.165, 1.54) is 6.07 Å². The van der Waals surface area contributed by atoms with Crippen LogP contribution in [0, 0.1) is 14.2 Å². The number of hydrogen-bond acceptors (Lipinski definition) is 2. The number of rotatable bonds is 4. The van der Waals surface area contributed by atoms with Crippen molar-refractivity contribution >= 4 is 51.7 Å². The van der Waals surface area contributed by atoms with Crippen LogP contribution in [-0.2, 0) is 11.3 Å². The van der Waals surface area contributed by atoms with Gasteiger partial charge in [0.1, 0.15) is 12.4 Å². The number of halogens is 2. The van der Waals surface area contributed by atoms with Crippen LogP contribution in [0.5, 0.6) is 0 Å². The Labute approximate surface area is 128 Å². The van der Waals surface area contributed by atoms with Gasteiger partial charge in [-0.3, -0.25) is 4.79 Å². The highest BCUT2D eigenvalue weighted by molar-refractivity contribution is 14.1. The molecule has 2 N–H and O–H groups in total. The first-order chi connectivity index (χ1) is 9.02. The third-order valence-electron chi connectivity index (χ3n) is 2.69. The van der Waals surface area contributed by atoms with E-state index in [0.717, 1.165) is 11.9 Å². The Kier molecular flexibility index (Phi) is 4.56. The van der Waals surface area contributed by atoms with Crippen molar-refractivity contribution in [3.63, 3.8) is 0 Å². The van der Waals surface area contributed by atoms with Gasteiger partial charge in [-0.05, 0) is 47.3 Å². The van der Waals surface area contributed by atoms with E-state index in [2.05, 4.69) is 10.3 Å². The smallest absolute Gasteiger partial charge is 0.240 e. The predicted octanol–water partition coefficient (Wildman–Crippen LogP) is 2.97. The summed E-state index contributed by atoms with van der Waals surface area (Å²) in [7, 11) is 0. The summed E-state index contributed by atoms with van der Waals surface area (Å²) < 4.78 is 16.2. The van der Waals surface area contributed by atoms with Gasteiger partial charge in [0.25, 0.3) is 0 Å². The van der Waals surface area contributed by atoms with Crippen LogP contribution >= 0.6 is 34.8 Å². The minimum Gasteiger partial charge on any atom is -0.355 e. The van der Waals surface area contributed by atoms with Crippen LogP contribution in [0.2, 0.25) is 0 Å². The van der Waals surface area contributed by atoms with Gasteiger partial charge in [-0.15, -0.1) is 0 Å². The summed E-state index contributed by atoms with van der Waals surface area (Å²) in [5, 5.41) is 2.77. The zero-order valence-corrected chi connectivity index (χ0v) is 13.3. The second kappa shape index (κ2) is 6.00. The molecule has 0 radical (unpaired) electrons. The molecule has 0 spiro atoms. The monoisotopic (exact) mass is 393 g/mol. The Balaban J connectivity index is 2.37. The Morgan fingerprint density at radius 3 is 3.00 bits per heavy atom. The van der Waals surface area contributed by atoms with Crippen LogP contribution in [0.25, 0.3) is 11.0 Å². The molecule has 19 heavy (non-hydrogen) atoms. The highest BCUT2D eigenvalue weighted by atomic mass is 127. The molecule has 1 aromatic heterocycles. The SMILES string of the molecule is CCCNC(=O)Cn1c(=S)[nH]c2cc(I)c(F)cc21. The number of carbonyl (C=O) groups excluding carboxylic acids is 1. The highest BCUT2D eigenvalue weighted by Gasteiger charge is 2.11. The van der Waals surface area contributed by atoms with E-state index in [9.17, 15) is 9.18 Å². The quantitative estimate of drug-likeness (QED) is 0.620. The fraction of sp³-hybridized carbons (Fsp3) is 0.333. The minimum absolute atomic E-state index is 0.0961. The Morgan fingerprint density at radius 2 is 2.32 bits per heavy atom. The van der Waals surface area contributed by atoms with Crippen molar-refractivity contribution in [1.29, 1.82) is 0 Å². The van der Waals surface area contributed by atoms with Crippen molar-refractivity contribution in [2.75, 3.05) is 6.54 Å². The molecule has 0 aliphatic carbocycles. The van der Waals surface area contributed by atoms with Gasteiger partial charge in [0.05, 0.1) is 14.6 Å². The van der Waals surface area contributed by atoms with Crippen molar-refractivity contribution in [3.05, 3.63) is 26.3 Å². The first-order valence-electron chi connectivity index (χ1n) is 5.87. The van der Waals surface area contributed by atoms with Crippen LogP contribution in [0.1, 0.15) is 13.3 Å². The van der Waals surface area contributed by atoms with Gasteiger partial charge in [0.2, 0.25) is 5.91 Å². The molecule has 0 saturated carbocycles. The number of amides is 1.